The van der Waals surface area contributed by atoms with Crippen LogP contribution in [0, 0.1) is 0 Å². The van der Waals surface area contributed by atoms with Crippen LogP contribution in [0.1, 0.15) is 10.4 Å². The number of hydrogen-bond acceptors (Lipinski definition) is 4. The van der Waals surface area contributed by atoms with Crippen LogP contribution in [0.25, 0.3) is 0 Å². The van der Waals surface area contributed by atoms with E-state index in [9.17, 15) is 18.4 Å². The summed E-state index contributed by atoms with van der Waals surface area (Å²) in [6.45, 7) is -0.548. The van der Waals surface area contributed by atoms with Crippen molar-refractivity contribution in [2.45, 2.75) is 10.7 Å². The van der Waals surface area contributed by atoms with Crippen molar-refractivity contribution in [2.24, 2.45) is 0 Å². The lowest BCUT2D eigenvalue weighted by Gasteiger charge is -2.09. The molecule has 0 aromatic heterocycles. The van der Waals surface area contributed by atoms with Gasteiger partial charge >= 0.3 is 5.97 Å². The average molecular weight is 406 g/mol. The molecule has 0 spiro atoms. The molecule has 0 saturated carbocycles. The normalized spacial score (nSPS) is 10.6. The quantitative estimate of drug-likeness (QED) is 0.536. The number of halogens is 4. The van der Waals surface area contributed by atoms with Gasteiger partial charge in [0.1, 0.15) is 0 Å². The molecule has 0 aliphatic heterocycles. The first-order valence-electron chi connectivity index (χ1n) is 6.82. The highest BCUT2D eigenvalue weighted by atomic mass is 35.5. The zero-order valence-corrected chi connectivity index (χ0v) is 14.8. The fourth-order valence-electron chi connectivity index (χ4n) is 1.81. The SMILES string of the molecule is O=C(COC(=O)c1c(Cl)cccc1Cl)Nc1ccc(SC(F)F)cc1. The molecule has 132 valence electrons. The van der Waals surface area contributed by atoms with Crippen molar-refractivity contribution in [1.29, 1.82) is 0 Å². The number of amides is 1. The monoisotopic (exact) mass is 405 g/mol. The largest absolute Gasteiger partial charge is 0.452 e. The topological polar surface area (TPSA) is 55.4 Å². The lowest BCUT2D eigenvalue weighted by atomic mass is 10.2. The fraction of sp³-hybridized carbons (Fsp3) is 0.125. The lowest BCUT2D eigenvalue weighted by Crippen LogP contribution is -2.21. The minimum absolute atomic E-state index is 0.0213. The standard InChI is InChI=1S/C16H11Cl2F2NO3S/c17-11-2-1-3-12(18)14(11)15(23)24-8-13(22)21-9-4-6-10(7-5-9)25-16(19)20/h1-7,16H,8H2,(H,21,22). The van der Waals surface area contributed by atoms with Crippen molar-refractivity contribution < 1.29 is 23.1 Å². The third kappa shape index (κ3) is 5.88. The Morgan fingerprint density at radius 1 is 1.08 bits per heavy atom. The number of alkyl halides is 2. The van der Waals surface area contributed by atoms with E-state index in [1.165, 1.54) is 36.4 Å². The molecule has 0 fully saturated rings. The van der Waals surface area contributed by atoms with Crippen LogP contribution in [0.15, 0.2) is 47.4 Å². The Morgan fingerprint density at radius 2 is 1.68 bits per heavy atom. The van der Waals surface area contributed by atoms with Crippen molar-refractivity contribution in [2.75, 3.05) is 11.9 Å². The molecule has 1 N–H and O–H groups in total. The Kier molecular flexibility index (Phi) is 7.04. The van der Waals surface area contributed by atoms with Crippen molar-refractivity contribution in [3.05, 3.63) is 58.1 Å². The second kappa shape index (κ2) is 9.03. The summed E-state index contributed by atoms with van der Waals surface area (Å²) >= 11 is 12.2. The summed E-state index contributed by atoms with van der Waals surface area (Å²) in [4.78, 5) is 24.1. The highest BCUT2D eigenvalue weighted by Gasteiger charge is 2.17. The zero-order chi connectivity index (χ0) is 18.4. The lowest BCUT2D eigenvalue weighted by molar-refractivity contribution is -0.119. The summed E-state index contributed by atoms with van der Waals surface area (Å²) < 4.78 is 29.3. The number of carbonyl (C=O) groups is 2. The van der Waals surface area contributed by atoms with Gasteiger partial charge in [0.2, 0.25) is 0 Å². The Morgan fingerprint density at radius 3 is 2.24 bits per heavy atom. The number of hydrogen-bond donors (Lipinski definition) is 1. The number of benzene rings is 2. The Balaban J connectivity index is 1.89. The summed E-state index contributed by atoms with van der Waals surface area (Å²) in [5, 5.41) is 2.71. The molecule has 1 amide bonds. The molecule has 0 aliphatic rings. The number of nitrogens with one attached hydrogen (secondary N) is 1. The molecular formula is C16H11Cl2F2NO3S. The van der Waals surface area contributed by atoms with Gasteiger partial charge in [0, 0.05) is 10.6 Å². The molecule has 25 heavy (non-hydrogen) atoms. The van der Waals surface area contributed by atoms with E-state index in [1.54, 1.807) is 6.07 Å². The van der Waals surface area contributed by atoms with Crippen LogP contribution in [0.2, 0.25) is 10.0 Å². The smallest absolute Gasteiger partial charge is 0.341 e. The minimum Gasteiger partial charge on any atom is -0.452 e. The predicted octanol–water partition coefficient (Wildman–Crippen LogP) is 5.10. The molecule has 9 heteroatoms. The first-order valence-corrected chi connectivity index (χ1v) is 8.46. The summed E-state index contributed by atoms with van der Waals surface area (Å²) in [6.07, 6.45) is 0. The first kappa shape index (κ1) is 19.5. The molecule has 2 aromatic rings. The van der Waals surface area contributed by atoms with Crippen LogP contribution < -0.4 is 5.32 Å². The summed E-state index contributed by atoms with van der Waals surface area (Å²) in [5.74, 6) is -3.93. The molecule has 0 bridgehead atoms. The molecule has 0 heterocycles. The third-order valence-electron chi connectivity index (χ3n) is 2.86. The maximum atomic E-state index is 12.2. The Labute approximate surface area is 156 Å². The highest BCUT2D eigenvalue weighted by Crippen LogP contribution is 2.26. The van der Waals surface area contributed by atoms with Gasteiger partial charge in [-0.05, 0) is 36.4 Å². The predicted molar refractivity (Wildman–Crippen MR) is 93.7 cm³/mol. The van der Waals surface area contributed by atoms with Crippen molar-refractivity contribution in [3.8, 4) is 0 Å². The van der Waals surface area contributed by atoms with E-state index >= 15 is 0 Å². The number of esters is 1. The van der Waals surface area contributed by atoms with Crippen molar-refractivity contribution in [3.63, 3.8) is 0 Å². The molecule has 2 aromatic carbocycles. The van der Waals surface area contributed by atoms with Gasteiger partial charge in [-0.3, -0.25) is 4.79 Å². The number of carbonyl (C=O) groups excluding carboxylic acids is 2. The van der Waals surface area contributed by atoms with E-state index < -0.39 is 24.2 Å². The molecule has 0 radical (unpaired) electrons. The van der Waals surface area contributed by atoms with Gasteiger partial charge in [-0.2, -0.15) is 8.78 Å². The summed E-state index contributed by atoms with van der Waals surface area (Å²) in [6, 6.07) is 10.4. The summed E-state index contributed by atoms with van der Waals surface area (Å²) in [5.41, 5.74) is 0.363. The van der Waals surface area contributed by atoms with E-state index in [0.717, 1.165) is 0 Å². The maximum Gasteiger partial charge on any atom is 0.341 e. The van der Waals surface area contributed by atoms with Gasteiger partial charge < -0.3 is 10.1 Å². The van der Waals surface area contributed by atoms with Gasteiger partial charge in [0.05, 0.1) is 15.6 Å². The van der Waals surface area contributed by atoms with Gasteiger partial charge in [-0.1, -0.05) is 41.0 Å². The molecule has 0 aliphatic carbocycles. The Bertz CT molecular complexity index is 752. The van der Waals surface area contributed by atoms with Crippen LogP contribution >= 0.6 is 35.0 Å². The van der Waals surface area contributed by atoms with E-state index in [1.807, 2.05) is 0 Å². The van der Waals surface area contributed by atoms with Crippen LogP contribution in [0.3, 0.4) is 0 Å². The van der Waals surface area contributed by atoms with E-state index in [2.05, 4.69) is 5.32 Å². The van der Waals surface area contributed by atoms with Crippen LogP contribution in [-0.4, -0.2) is 24.2 Å². The van der Waals surface area contributed by atoms with Gasteiger partial charge in [-0.25, -0.2) is 4.79 Å². The van der Waals surface area contributed by atoms with E-state index in [4.69, 9.17) is 27.9 Å². The van der Waals surface area contributed by atoms with Crippen LogP contribution in [0.5, 0.6) is 0 Å². The first-order chi connectivity index (χ1) is 11.9. The molecule has 0 atom stereocenters. The molecule has 2 rings (SSSR count). The zero-order valence-electron chi connectivity index (χ0n) is 12.5. The summed E-state index contributed by atoms with van der Waals surface area (Å²) in [7, 11) is 0. The van der Waals surface area contributed by atoms with Crippen LogP contribution in [-0.2, 0) is 9.53 Å². The number of rotatable bonds is 6. The van der Waals surface area contributed by atoms with Crippen molar-refractivity contribution in [1.82, 2.24) is 0 Å². The second-order valence-electron chi connectivity index (χ2n) is 4.62. The average Bonchev–Trinajstić information content (AvgIpc) is 2.54. The number of anilines is 1. The maximum absolute atomic E-state index is 12.2. The number of ether oxygens (including phenoxy) is 1. The van der Waals surface area contributed by atoms with Crippen molar-refractivity contribution >= 4 is 52.5 Å². The number of thioether (sulfide) groups is 1. The van der Waals surface area contributed by atoms with Gasteiger partial charge in [0.25, 0.3) is 11.7 Å². The minimum atomic E-state index is -2.52. The van der Waals surface area contributed by atoms with Crippen LogP contribution in [0.4, 0.5) is 14.5 Å². The highest BCUT2D eigenvalue weighted by molar-refractivity contribution is 7.99. The Hall–Kier alpha value is -1.83. The molecular weight excluding hydrogens is 395 g/mol. The second-order valence-corrected chi connectivity index (χ2v) is 6.50. The van der Waals surface area contributed by atoms with E-state index in [0.29, 0.717) is 22.3 Å². The third-order valence-corrected chi connectivity index (χ3v) is 4.22. The molecule has 4 nitrogen and oxygen atoms in total. The van der Waals surface area contributed by atoms with Gasteiger partial charge in [-0.15, -0.1) is 0 Å². The fourth-order valence-corrected chi connectivity index (χ4v) is 2.86. The molecule has 0 saturated heterocycles. The van der Waals surface area contributed by atoms with Gasteiger partial charge in [0.15, 0.2) is 6.61 Å². The van der Waals surface area contributed by atoms with E-state index in [-0.39, 0.29) is 15.6 Å². The molecule has 0 unspecified atom stereocenters.